The van der Waals surface area contributed by atoms with Crippen molar-refractivity contribution in [3.63, 3.8) is 0 Å². The number of pyridine rings is 1. The number of amides is 2. The summed E-state index contributed by atoms with van der Waals surface area (Å²) in [5.74, 6) is 1.05. The summed E-state index contributed by atoms with van der Waals surface area (Å²) >= 11 is 0. The van der Waals surface area contributed by atoms with Gasteiger partial charge in [-0.25, -0.2) is 9.78 Å². The highest BCUT2D eigenvalue weighted by molar-refractivity contribution is 5.74. The van der Waals surface area contributed by atoms with Gasteiger partial charge in [0.1, 0.15) is 5.82 Å². The van der Waals surface area contributed by atoms with Gasteiger partial charge in [-0.3, -0.25) is 0 Å². The number of hydrogen-bond donors (Lipinski definition) is 1. The van der Waals surface area contributed by atoms with Gasteiger partial charge in [0.25, 0.3) is 0 Å². The number of rotatable bonds is 3. The molecule has 3 rings (SSSR count). The van der Waals surface area contributed by atoms with Crippen molar-refractivity contribution in [2.75, 3.05) is 37.7 Å². The molecule has 0 atom stereocenters. The van der Waals surface area contributed by atoms with Crippen LogP contribution in [0.15, 0.2) is 18.3 Å². The zero-order valence-electron chi connectivity index (χ0n) is 15.5. The lowest BCUT2D eigenvalue weighted by Gasteiger charge is -2.38. The number of ether oxygens (including phenoxy) is 1. The predicted octanol–water partition coefficient (Wildman–Crippen LogP) is 2.78. The van der Waals surface area contributed by atoms with E-state index >= 15 is 0 Å². The lowest BCUT2D eigenvalue weighted by atomic mass is 10.1. The average molecular weight is 346 g/mol. The topological polar surface area (TPSA) is 57.7 Å². The van der Waals surface area contributed by atoms with E-state index in [-0.39, 0.29) is 11.6 Å². The number of morpholine rings is 1. The Morgan fingerprint density at radius 3 is 2.60 bits per heavy atom. The van der Waals surface area contributed by atoms with E-state index in [1.165, 1.54) is 25.7 Å². The Balaban J connectivity index is 1.50. The van der Waals surface area contributed by atoms with E-state index in [4.69, 9.17) is 4.74 Å². The van der Waals surface area contributed by atoms with Gasteiger partial charge in [-0.2, -0.15) is 0 Å². The van der Waals surface area contributed by atoms with Gasteiger partial charge in [-0.1, -0.05) is 18.9 Å². The van der Waals surface area contributed by atoms with Crippen LogP contribution in [0.2, 0.25) is 0 Å². The summed E-state index contributed by atoms with van der Waals surface area (Å²) in [5.41, 5.74) is 0.755. The fourth-order valence-electron chi connectivity index (χ4n) is 3.49. The molecule has 2 saturated heterocycles. The van der Waals surface area contributed by atoms with Crippen LogP contribution in [-0.2, 0) is 11.3 Å². The van der Waals surface area contributed by atoms with Crippen molar-refractivity contribution in [2.24, 2.45) is 0 Å². The molecule has 3 heterocycles. The minimum absolute atomic E-state index is 0.0343. The fraction of sp³-hybridized carbons (Fsp3) is 0.684. The van der Waals surface area contributed by atoms with Crippen molar-refractivity contribution in [3.05, 3.63) is 23.9 Å². The Hall–Kier alpha value is -1.82. The molecule has 25 heavy (non-hydrogen) atoms. The summed E-state index contributed by atoms with van der Waals surface area (Å²) < 4.78 is 5.65. The molecular weight excluding hydrogens is 316 g/mol. The van der Waals surface area contributed by atoms with E-state index in [9.17, 15) is 4.79 Å². The van der Waals surface area contributed by atoms with Gasteiger partial charge in [0.15, 0.2) is 0 Å². The first-order valence-corrected chi connectivity index (χ1v) is 9.40. The maximum atomic E-state index is 12.3. The van der Waals surface area contributed by atoms with Crippen molar-refractivity contribution in [3.8, 4) is 0 Å². The number of nitrogens with zero attached hydrogens (tertiary/aromatic N) is 3. The Kier molecular flexibility index (Phi) is 5.78. The van der Waals surface area contributed by atoms with Gasteiger partial charge in [0.2, 0.25) is 0 Å². The van der Waals surface area contributed by atoms with Crippen LogP contribution in [0.25, 0.3) is 0 Å². The second-order valence-corrected chi connectivity index (χ2v) is 7.61. The maximum Gasteiger partial charge on any atom is 0.317 e. The van der Waals surface area contributed by atoms with Crippen molar-refractivity contribution in [2.45, 2.75) is 51.7 Å². The van der Waals surface area contributed by atoms with E-state index < -0.39 is 0 Å². The molecule has 0 aliphatic carbocycles. The van der Waals surface area contributed by atoms with Gasteiger partial charge in [0, 0.05) is 32.4 Å². The fourth-order valence-corrected chi connectivity index (χ4v) is 3.49. The molecule has 1 N–H and O–H groups in total. The van der Waals surface area contributed by atoms with Crippen molar-refractivity contribution >= 4 is 11.8 Å². The minimum atomic E-state index is -0.272. The molecule has 1 aromatic heterocycles. The third-order valence-electron chi connectivity index (χ3n) is 4.90. The van der Waals surface area contributed by atoms with E-state index in [2.05, 4.69) is 27.3 Å². The van der Waals surface area contributed by atoms with E-state index in [0.717, 1.165) is 24.5 Å². The molecule has 1 aromatic rings. The molecule has 0 saturated carbocycles. The van der Waals surface area contributed by atoms with Gasteiger partial charge in [-0.15, -0.1) is 0 Å². The van der Waals surface area contributed by atoms with E-state index in [1.807, 2.05) is 24.9 Å². The van der Waals surface area contributed by atoms with Crippen LogP contribution < -0.4 is 10.2 Å². The summed E-state index contributed by atoms with van der Waals surface area (Å²) in [7, 11) is 0. The Bertz CT molecular complexity index is 565. The quantitative estimate of drug-likeness (QED) is 0.914. The first-order valence-electron chi connectivity index (χ1n) is 9.40. The number of carbonyl (C=O) groups is 1. The normalized spacial score (nSPS) is 20.9. The number of carbonyl (C=O) groups excluding carboxylic acids is 1. The van der Waals surface area contributed by atoms with Crippen molar-refractivity contribution < 1.29 is 9.53 Å². The van der Waals surface area contributed by atoms with Crippen LogP contribution >= 0.6 is 0 Å². The molecule has 138 valence electrons. The number of nitrogens with one attached hydrogen (secondary N) is 1. The van der Waals surface area contributed by atoms with E-state index in [1.54, 1.807) is 0 Å². The second-order valence-electron chi connectivity index (χ2n) is 7.61. The summed E-state index contributed by atoms with van der Waals surface area (Å²) in [6.07, 6.45) is 7.01. The zero-order chi connectivity index (χ0) is 17.7. The van der Waals surface area contributed by atoms with Gasteiger partial charge in [0.05, 0.1) is 18.8 Å². The summed E-state index contributed by atoms with van der Waals surface area (Å²) in [6, 6.07) is 4.11. The maximum absolute atomic E-state index is 12.3. The molecule has 0 unspecified atom stereocenters. The molecule has 0 radical (unpaired) electrons. The third kappa shape index (κ3) is 5.08. The SMILES string of the molecule is CC1(C)CN(C(=O)NCc2ccc(N3CCCCCC3)nc2)CCO1. The molecule has 2 aliphatic rings. The largest absolute Gasteiger partial charge is 0.372 e. The van der Waals surface area contributed by atoms with Crippen LogP contribution in [0.5, 0.6) is 0 Å². The molecule has 6 nitrogen and oxygen atoms in total. The van der Waals surface area contributed by atoms with Crippen LogP contribution in [0.4, 0.5) is 10.6 Å². The zero-order valence-corrected chi connectivity index (χ0v) is 15.5. The van der Waals surface area contributed by atoms with Crippen molar-refractivity contribution in [1.82, 2.24) is 15.2 Å². The summed E-state index contributed by atoms with van der Waals surface area (Å²) in [5, 5.41) is 2.99. The molecule has 2 fully saturated rings. The lowest BCUT2D eigenvalue weighted by molar-refractivity contribution is -0.0733. The number of anilines is 1. The van der Waals surface area contributed by atoms with Gasteiger partial charge in [-0.05, 0) is 38.3 Å². The highest BCUT2D eigenvalue weighted by Gasteiger charge is 2.29. The van der Waals surface area contributed by atoms with Crippen molar-refractivity contribution in [1.29, 1.82) is 0 Å². The monoisotopic (exact) mass is 346 g/mol. The highest BCUT2D eigenvalue weighted by atomic mass is 16.5. The van der Waals surface area contributed by atoms with Gasteiger partial charge >= 0.3 is 6.03 Å². The van der Waals surface area contributed by atoms with Crippen LogP contribution in [0.1, 0.15) is 45.1 Å². The molecule has 6 heteroatoms. The second kappa shape index (κ2) is 8.04. The lowest BCUT2D eigenvalue weighted by Crippen LogP contribution is -2.53. The number of urea groups is 1. The first kappa shape index (κ1) is 18.0. The first-order chi connectivity index (χ1) is 12.0. The average Bonchev–Trinajstić information content (AvgIpc) is 2.88. The summed E-state index contributed by atoms with van der Waals surface area (Å²) in [6.45, 7) is 8.56. The van der Waals surface area contributed by atoms with Crippen LogP contribution in [0.3, 0.4) is 0 Å². The third-order valence-corrected chi connectivity index (χ3v) is 4.90. The Labute approximate surface area is 150 Å². The standard InChI is InChI=1S/C19H30N4O2/c1-19(2)15-23(11-12-25-19)18(24)21-14-16-7-8-17(20-13-16)22-9-5-3-4-6-10-22/h7-8,13H,3-6,9-12,14-15H2,1-2H3,(H,21,24). The number of hydrogen-bond acceptors (Lipinski definition) is 4. The molecule has 2 amide bonds. The smallest absolute Gasteiger partial charge is 0.317 e. The predicted molar refractivity (Wildman–Crippen MR) is 98.8 cm³/mol. The van der Waals surface area contributed by atoms with Crippen LogP contribution in [0, 0.1) is 0 Å². The molecular formula is C19H30N4O2. The minimum Gasteiger partial charge on any atom is -0.372 e. The number of aromatic nitrogens is 1. The molecule has 2 aliphatic heterocycles. The Morgan fingerprint density at radius 2 is 1.96 bits per heavy atom. The molecule has 0 bridgehead atoms. The summed E-state index contributed by atoms with van der Waals surface area (Å²) in [4.78, 5) is 21.1. The van der Waals surface area contributed by atoms with E-state index in [0.29, 0.717) is 26.2 Å². The highest BCUT2D eigenvalue weighted by Crippen LogP contribution is 2.18. The van der Waals surface area contributed by atoms with Crippen LogP contribution in [-0.4, -0.2) is 54.3 Å². The molecule has 0 spiro atoms. The Morgan fingerprint density at radius 1 is 1.20 bits per heavy atom. The molecule has 0 aromatic carbocycles. The van der Waals surface area contributed by atoms with Gasteiger partial charge < -0.3 is 19.9 Å².